The zero-order valence-electron chi connectivity index (χ0n) is 18.6. The zero-order valence-corrected chi connectivity index (χ0v) is 18.6. The van der Waals surface area contributed by atoms with Crippen molar-refractivity contribution in [1.29, 1.82) is 0 Å². The van der Waals surface area contributed by atoms with Gasteiger partial charge in [-0.2, -0.15) is 5.10 Å². The minimum Gasteiger partial charge on any atom is -0.480 e. The minimum atomic E-state index is -1.09. The van der Waals surface area contributed by atoms with Crippen molar-refractivity contribution in [3.05, 3.63) is 58.3 Å². The number of nitrogens with one attached hydrogen (secondary N) is 3. The maximum atomic E-state index is 12.9. The average molecular weight is 463 g/mol. The molecule has 11 nitrogen and oxygen atoms in total. The summed E-state index contributed by atoms with van der Waals surface area (Å²) in [7, 11) is 0. The number of benzene rings is 1. The molecule has 1 atom stereocenters. The first kappa shape index (κ1) is 21.7. The van der Waals surface area contributed by atoms with Crippen LogP contribution in [-0.2, 0) is 11.2 Å². The zero-order chi connectivity index (χ0) is 23.8. The summed E-state index contributed by atoms with van der Waals surface area (Å²) >= 11 is 0. The predicted octanol–water partition coefficient (Wildman–Crippen LogP) is 1.95. The van der Waals surface area contributed by atoms with Crippen molar-refractivity contribution < 1.29 is 14.7 Å². The van der Waals surface area contributed by atoms with Crippen molar-refractivity contribution in [1.82, 2.24) is 34.9 Å². The lowest BCUT2D eigenvalue weighted by atomic mass is 10.0. The molecule has 1 aliphatic rings. The Bertz CT molecular complexity index is 1430. The van der Waals surface area contributed by atoms with Crippen LogP contribution < -0.4 is 11.0 Å². The van der Waals surface area contributed by atoms with Crippen molar-refractivity contribution >= 4 is 34.1 Å². The summed E-state index contributed by atoms with van der Waals surface area (Å²) in [5.41, 5.74) is 3.75. The lowest BCUT2D eigenvalue weighted by Gasteiger charge is -2.33. The fourth-order valence-corrected chi connectivity index (χ4v) is 4.75. The number of amides is 2. The van der Waals surface area contributed by atoms with E-state index >= 15 is 0 Å². The molecule has 0 bridgehead atoms. The molecule has 5 rings (SSSR count). The molecule has 1 aromatic carbocycles. The van der Waals surface area contributed by atoms with Gasteiger partial charge >= 0.3 is 17.7 Å². The van der Waals surface area contributed by atoms with Crippen LogP contribution >= 0.6 is 0 Å². The highest BCUT2D eigenvalue weighted by Crippen LogP contribution is 2.24. The molecule has 1 fully saturated rings. The number of imidazole rings is 1. The molecule has 1 saturated heterocycles. The quantitative estimate of drug-likeness (QED) is 0.355. The van der Waals surface area contributed by atoms with E-state index in [2.05, 4.69) is 25.5 Å². The highest BCUT2D eigenvalue weighted by molar-refractivity contribution is 5.84. The second-order valence-electron chi connectivity index (χ2n) is 8.68. The van der Waals surface area contributed by atoms with Crippen LogP contribution in [0.25, 0.3) is 22.1 Å². The van der Waals surface area contributed by atoms with E-state index in [1.54, 1.807) is 27.9 Å². The topological polar surface area (TPSA) is 149 Å². The van der Waals surface area contributed by atoms with Crippen LogP contribution in [0.1, 0.15) is 30.0 Å². The van der Waals surface area contributed by atoms with Gasteiger partial charge in [-0.25, -0.2) is 19.4 Å². The molecule has 4 aromatic rings. The standard InChI is InChI=1S/C23H25N7O4/c1-13-9-14(10-15-12-25-28-19(13)15)11-17(21(31)32)26-22(33)29-7-4-16(5-8-29)30-18-3-2-6-24-20(18)27-23(30)34/h2-3,6,9-10,12,16-17H,4-5,7-8,11H2,1H3,(H,25,28)(H,26,33)(H,31,32)(H,24,27,34). The number of likely N-dealkylation sites (tertiary alicyclic amines) is 1. The van der Waals surface area contributed by atoms with Crippen LogP contribution in [0.4, 0.5) is 4.79 Å². The molecular weight excluding hydrogens is 438 g/mol. The van der Waals surface area contributed by atoms with Crippen molar-refractivity contribution in [3.8, 4) is 0 Å². The molecule has 34 heavy (non-hydrogen) atoms. The molecule has 4 N–H and O–H groups in total. The number of pyridine rings is 1. The van der Waals surface area contributed by atoms with Gasteiger partial charge in [-0.3, -0.25) is 14.6 Å². The van der Waals surface area contributed by atoms with Crippen molar-refractivity contribution in [2.45, 2.75) is 38.3 Å². The third-order valence-electron chi connectivity index (χ3n) is 6.45. The SMILES string of the molecule is Cc1cc(CC(NC(=O)N2CCC(n3c(=O)[nH]c4ncccc43)CC2)C(=O)O)cc2cn[nH]c12. The molecule has 176 valence electrons. The number of rotatable bonds is 5. The highest BCUT2D eigenvalue weighted by atomic mass is 16.4. The number of nitrogens with zero attached hydrogens (tertiary/aromatic N) is 4. The second-order valence-corrected chi connectivity index (χ2v) is 8.68. The fraction of sp³-hybridized carbons (Fsp3) is 0.348. The summed E-state index contributed by atoms with van der Waals surface area (Å²) in [4.78, 5) is 45.8. The summed E-state index contributed by atoms with van der Waals surface area (Å²) in [6.07, 6.45) is 4.66. The Hall–Kier alpha value is -4.15. The predicted molar refractivity (Wildman–Crippen MR) is 125 cm³/mol. The van der Waals surface area contributed by atoms with Crippen LogP contribution in [0.15, 0.2) is 41.5 Å². The molecule has 1 aliphatic heterocycles. The van der Waals surface area contributed by atoms with Crippen molar-refractivity contribution in [2.24, 2.45) is 0 Å². The number of aromatic amines is 2. The Balaban J connectivity index is 1.24. The van der Waals surface area contributed by atoms with Gasteiger partial charge in [0.2, 0.25) is 0 Å². The Morgan fingerprint density at radius 1 is 1.29 bits per heavy atom. The van der Waals surface area contributed by atoms with Crippen molar-refractivity contribution in [3.63, 3.8) is 0 Å². The van der Waals surface area contributed by atoms with E-state index in [-0.39, 0.29) is 18.2 Å². The summed E-state index contributed by atoms with van der Waals surface area (Å²) < 4.78 is 1.70. The fourth-order valence-electron chi connectivity index (χ4n) is 4.75. The molecule has 1 unspecified atom stereocenters. The van der Waals surface area contributed by atoms with E-state index in [4.69, 9.17) is 0 Å². The van der Waals surface area contributed by atoms with Gasteiger partial charge in [0.05, 0.1) is 17.2 Å². The number of hydrogen-bond donors (Lipinski definition) is 4. The first-order valence-corrected chi connectivity index (χ1v) is 11.2. The third kappa shape index (κ3) is 4.00. The van der Waals surface area contributed by atoms with Gasteiger partial charge in [-0.15, -0.1) is 0 Å². The first-order chi connectivity index (χ1) is 16.4. The van der Waals surface area contributed by atoms with E-state index in [9.17, 15) is 19.5 Å². The molecule has 3 aromatic heterocycles. The van der Waals surface area contributed by atoms with Gasteiger partial charge in [-0.05, 0) is 49.1 Å². The first-order valence-electron chi connectivity index (χ1n) is 11.2. The number of carboxylic acids is 1. The second kappa shape index (κ2) is 8.65. The molecule has 2 amide bonds. The number of piperidine rings is 1. The number of H-pyrrole nitrogens is 2. The van der Waals surface area contributed by atoms with E-state index in [1.807, 2.05) is 25.1 Å². The highest BCUT2D eigenvalue weighted by Gasteiger charge is 2.29. The Labute approximate surface area is 193 Å². The summed E-state index contributed by atoms with van der Waals surface area (Å²) in [5.74, 6) is -1.09. The molecule has 11 heteroatoms. The van der Waals surface area contributed by atoms with E-state index in [1.165, 1.54) is 0 Å². The van der Waals surface area contributed by atoms with E-state index in [0.29, 0.717) is 31.6 Å². The van der Waals surface area contributed by atoms with Gasteiger partial charge in [0.1, 0.15) is 6.04 Å². The Kier molecular flexibility index (Phi) is 5.52. The average Bonchev–Trinajstić information content (AvgIpc) is 3.42. The maximum Gasteiger partial charge on any atom is 0.327 e. The van der Waals surface area contributed by atoms with Gasteiger partial charge in [0, 0.05) is 37.1 Å². The maximum absolute atomic E-state index is 12.9. The van der Waals surface area contributed by atoms with Gasteiger partial charge < -0.3 is 15.3 Å². The molecule has 0 radical (unpaired) electrons. The molecule has 0 spiro atoms. The molecular formula is C23H25N7O4. The number of carbonyl (C=O) groups excluding carboxylic acids is 1. The lowest BCUT2D eigenvalue weighted by Crippen LogP contribution is -2.51. The van der Waals surface area contributed by atoms with Crippen LogP contribution in [0, 0.1) is 6.92 Å². The van der Waals surface area contributed by atoms with E-state index in [0.717, 1.165) is 27.5 Å². The molecule has 4 heterocycles. The summed E-state index contributed by atoms with van der Waals surface area (Å²) in [5, 5.41) is 20.2. The van der Waals surface area contributed by atoms with Crippen LogP contribution in [0.2, 0.25) is 0 Å². The normalized spacial score (nSPS) is 15.6. The number of carbonyl (C=O) groups is 2. The van der Waals surface area contributed by atoms with Crippen LogP contribution in [-0.4, -0.2) is 65.9 Å². The van der Waals surface area contributed by atoms with Crippen molar-refractivity contribution in [2.75, 3.05) is 13.1 Å². The minimum absolute atomic E-state index is 0.0607. The number of aryl methyl sites for hydroxylation is 1. The molecule has 0 aliphatic carbocycles. The summed E-state index contributed by atoms with van der Waals surface area (Å²) in [6.45, 7) is 2.77. The number of urea groups is 1. The number of aliphatic carboxylic acids is 1. The smallest absolute Gasteiger partial charge is 0.327 e. The van der Waals surface area contributed by atoms with Gasteiger partial charge in [0.25, 0.3) is 0 Å². The largest absolute Gasteiger partial charge is 0.480 e. The monoisotopic (exact) mass is 463 g/mol. The van der Waals surface area contributed by atoms with E-state index < -0.39 is 18.0 Å². The number of hydrogen-bond acceptors (Lipinski definition) is 5. The third-order valence-corrected chi connectivity index (χ3v) is 6.45. The van der Waals surface area contributed by atoms with Gasteiger partial charge in [0.15, 0.2) is 5.65 Å². The van der Waals surface area contributed by atoms with Crippen LogP contribution in [0.3, 0.4) is 0 Å². The Morgan fingerprint density at radius 3 is 2.85 bits per heavy atom. The summed E-state index contributed by atoms with van der Waals surface area (Å²) in [6, 6.07) is 5.88. The number of carboxylic acid groups (broad SMARTS) is 1. The number of fused-ring (bicyclic) bond motifs is 2. The molecule has 0 saturated carbocycles. The Morgan fingerprint density at radius 2 is 2.09 bits per heavy atom. The number of aromatic nitrogens is 5. The van der Waals surface area contributed by atoms with Gasteiger partial charge in [-0.1, -0.05) is 6.07 Å². The lowest BCUT2D eigenvalue weighted by molar-refractivity contribution is -0.139. The van der Waals surface area contributed by atoms with Crippen LogP contribution in [0.5, 0.6) is 0 Å².